The molecular formula is C22H27NO6S. The maximum atomic E-state index is 12.9. The summed E-state index contributed by atoms with van der Waals surface area (Å²) < 4.78 is 43.3. The Kier molecular flexibility index (Phi) is 6.99. The number of methoxy groups -OCH3 is 2. The molecule has 3 rings (SSSR count). The lowest BCUT2D eigenvalue weighted by Crippen LogP contribution is -2.41. The van der Waals surface area contributed by atoms with Crippen LogP contribution < -0.4 is 9.47 Å². The van der Waals surface area contributed by atoms with Crippen LogP contribution >= 0.6 is 0 Å². The maximum Gasteiger partial charge on any atom is 0.338 e. The summed E-state index contributed by atoms with van der Waals surface area (Å²) in [5, 5.41) is 0. The zero-order chi connectivity index (χ0) is 21.7. The van der Waals surface area contributed by atoms with Crippen molar-refractivity contribution < 1.29 is 27.4 Å². The van der Waals surface area contributed by atoms with E-state index in [0.717, 1.165) is 19.3 Å². The summed E-state index contributed by atoms with van der Waals surface area (Å²) >= 11 is 0. The Bertz CT molecular complexity index is 987. The Morgan fingerprint density at radius 3 is 2.43 bits per heavy atom. The third-order valence-corrected chi connectivity index (χ3v) is 7.31. The molecule has 8 heteroatoms. The molecule has 0 saturated carbocycles. The Morgan fingerprint density at radius 2 is 1.80 bits per heavy atom. The number of para-hydroxylation sites is 1. The molecule has 0 radical (unpaired) electrons. The summed E-state index contributed by atoms with van der Waals surface area (Å²) in [7, 11) is -0.520. The smallest absolute Gasteiger partial charge is 0.338 e. The van der Waals surface area contributed by atoms with E-state index >= 15 is 0 Å². The van der Waals surface area contributed by atoms with Crippen LogP contribution in [0.4, 0.5) is 0 Å². The average molecular weight is 434 g/mol. The van der Waals surface area contributed by atoms with Crippen molar-refractivity contribution in [2.24, 2.45) is 0 Å². The molecular weight excluding hydrogens is 406 g/mol. The van der Waals surface area contributed by atoms with Gasteiger partial charge in [0.05, 0.1) is 24.7 Å². The second-order valence-electron chi connectivity index (χ2n) is 7.21. The Labute approximate surface area is 177 Å². The van der Waals surface area contributed by atoms with E-state index in [1.54, 1.807) is 22.5 Å². The zero-order valence-electron chi connectivity index (χ0n) is 17.5. The minimum atomic E-state index is -3.57. The fraction of sp³-hybridized carbons (Fsp3) is 0.409. The highest BCUT2D eigenvalue weighted by atomic mass is 32.2. The topological polar surface area (TPSA) is 82.1 Å². The first-order chi connectivity index (χ1) is 14.4. The van der Waals surface area contributed by atoms with Crippen molar-refractivity contribution in [3.8, 4) is 11.5 Å². The first-order valence-corrected chi connectivity index (χ1v) is 11.3. The van der Waals surface area contributed by atoms with Gasteiger partial charge in [0, 0.05) is 18.2 Å². The van der Waals surface area contributed by atoms with E-state index in [4.69, 9.17) is 14.2 Å². The van der Waals surface area contributed by atoms with E-state index in [9.17, 15) is 13.2 Å². The van der Waals surface area contributed by atoms with Crippen molar-refractivity contribution >= 4 is 16.0 Å². The molecule has 0 N–H and O–H groups in total. The molecule has 0 unspecified atom stereocenters. The number of nitrogens with zero attached hydrogens (tertiary/aromatic N) is 1. The van der Waals surface area contributed by atoms with Gasteiger partial charge in [-0.2, -0.15) is 4.31 Å². The number of benzene rings is 2. The molecule has 0 bridgehead atoms. The van der Waals surface area contributed by atoms with E-state index in [-0.39, 0.29) is 23.1 Å². The molecule has 0 amide bonds. The van der Waals surface area contributed by atoms with Gasteiger partial charge < -0.3 is 14.2 Å². The third kappa shape index (κ3) is 4.60. The number of rotatable bonds is 7. The molecule has 2 aromatic carbocycles. The normalized spacial score (nSPS) is 17.4. The fourth-order valence-electron chi connectivity index (χ4n) is 3.62. The number of ether oxygens (including phenoxy) is 3. The molecule has 162 valence electrons. The van der Waals surface area contributed by atoms with E-state index in [1.165, 1.54) is 38.5 Å². The number of carbonyl (C=O) groups excluding carboxylic acids is 1. The molecule has 0 spiro atoms. The van der Waals surface area contributed by atoms with Gasteiger partial charge in [0.15, 0.2) is 11.5 Å². The summed E-state index contributed by atoms with van der Waals surface area (Å²) in [6, 6.07) is 11.2. The van der Waals surface area contributed by atoms with E-state index < -0.39 is 16.0 Å². The number of esters is 1. The van der Waals surface area contributed by atoms with E-state index in [1.807, 2.05) is 6.92 Å². The summed E-state index contributed by atoms with van der Waals surface area (Å²) in [6.45, 7) is 2.45. The first kappa shape index (κ1) is 22.1. The molecule has 30 heavy (non-hydrogen) atoms. The summed E-state index contributed by atoms with van der Waals surface area (Å²) in [5.74, 6) is 0.507. The van der Waals surface area contributed by atoms with Crippen LogP contribution in [-0.4, -0.2) is 45.5 Å². The molecule has 1 saturated heterocycles. The van der Waals surface area contributed by atoms with Gasteiger partial charge in [0.2, 0.25) is 10.0 Å². The highest BCUT2D eigenvalue weighted by Gasteiger charge is 2.31. The van der Waals surface area contributed by atoms with Gasteiger partial charge in [-0.3, -0.25) is 0 Å². The molecule has 0 aliphatic carbocycles. The predicted molar refractivity (Wildman–Crippen MR) is 112 cm³/mol. The Hall–Kier alpha value is -2.58. The second kappa shape index (κ2) is 9.49. The molecule has 0 aromatic heterocycles. The maximum absolute atomic E-state index is 12.9. The van der Waals surface area contributed by atoms with Crippen LogP contribution in [0.25, 0.3) is 0 Å². The molecule has 1 fully saturated rings. The minimum Gasteiger partial charge on any atom is -0.493 e. The van der Waals surface area contributed by atoms with Crippen molar-refractivity contribution in [3.05, 3.63) is 53.6 Å². The van der Waals surface area contributed by atoms with Gasteiger partial charge in [-0.15, -0.1) is 0 Å². The van der Waals surface area contributed by atoms with Crippen LogP contribution in [0.3, 0.4) is 0 Å². The standard InChI is InChI=1S/C22H27NO6S/c1-16-7-4-5-14-23(16)30(25,26)19-12-10-17(11-13-19)22(24)29-15-18-8-6-9-20(27-2)21(18)28-3/h6,8-13,16H,4-5,7,14-15H2,1-3H3/t16-/m1/s1. The Balaban J connectivity index is 1.70. The van der Waals surface area contributed by atoms with Gasteiger partial charge in [-0.05, 0) is 50.1 Å². The molecule has 1 aliphatic rings. The van der Waals surface area contributed by atoms with E-state index in [2.05, 4.69) is 0 Å². The van der Waals surface area contributed by atoms with Crippen molar-refractivity contribution in [2.75, 3.05) is 20.8 Å². The highest BCUT2D eigenvalue weighted by molar-refractivity contribution is 7.89. The Morgan fingerprint density at radius 1 is 1.07 bits per heavy atom. The summed E-state index contributed by atoms with van der Waals surface area (Å²) in [5.41, 5.74) is 0.950. The van der Waals surface area contributed by atoms with Crippen LogP contribution in [0, 0.1) is 0 Å². The fourth-order valence-corrected chi connectivity index (χ4v) is 5.32. The number of piperidine rings is 1. The predicted octanol–water partition coefficient (Wildman–Crippen LogP) is 3.62. The van der Waals surface area contributed by atoms with Crippen LogP contribution in [0.15, 0.2) is 47.4 Å². The summed E-state index contributed by atoms with van der Waals surface area (Å²) in [4.78, 5) is 12.6. The minimum absolute atomic E-state index is 0.00451. The quantitative estimate of drug-likeness (QED) is 0.620. The molecule has 1 aliphatic heterocycles. The molecule has 1 heterocycles. The van der Waals surface area contributed by atoms with Crippen molar-refractivity contribution in [2.45, 2.75) is 43.7 Å². The largest absolute Gasteiger partial charge is 0.493 e. The van der Waals surface area contributed by atoms with Gasteiger partial charge in [-0.25, -0.2) is 13.2 Å². The lowest BCUT2D eigenvalue weighted by molar-refractivity contribution is 0.0469. The number of hydrogen-bond acceptors (Lipinski definition) is 6. The van der Waals surface area contributed by atoms with Gasteiger partial charge in [0.25, 0.3) is 0 Å². The third-order valence-electron chi connectivity index (χ3n) is 5.28. The SMILES string of the molecule is COc1cccc(COC(=O)c2ccc(S(=O)(=O)N3CCCC[C@H]3C)cc2)c1OC. The summed E-state index contributed by atoms with van der Waals surface area (Å²) in [6.07, 6.45) is 2.76. The molecule has 2 aromatic rings. The molecule has 1 atom stereocenters. The molecule has 7 nitrogen and oxygen atoms in total. The highest BCUT2D eigenvalue weighted by Crippen LogP contribution is 2.31. The van der Waals surface area contributed by atoms with Gasteiger partial charge in [-0.1, -0.05) is 18.6 Å². The van der Waals surface area contributed by atoms with Gasteiger partial charge >= 0.3 is 5.97 Å². The van der Waals surface area contributed by atoms with Crippen molar-refractivity contribution in [1.29, 1.82) is 0 Å². The van der Waals surface area contributed by atoms with Crippen molar-refractivity contribution in [1.82, 2.24) is 4.31 Å². The number of sulfonamides is 1. The van der Waals surface area contributed by atoms with E-state index in [0.29, 0.717) is 23.6 Å². The average Bonchev–Trinajstić information content (AvgIpc) is 2.77. The number of hydrogen-bond donors (Lipinski definition) is 0. The van der Waals surface area contributed by atoms with Crippen LogP contribution in [-0.2, 0) is 21.4 Å². The number of carbonyl (C=O) groups is 1. The van der Waals surface area contributed by atoms with Crippen LogP contribution in [0.5, 0.6) is 11.5 Å². The van der Waals surface area contributed by atoms with Crippen molar-refractivity contribution in [3.63, 3.8) is 0 Å². The van der Waals surface area contributed by atoms with Crippen LogP contribution in [0.2, 0.25) is 0 Å². The lowest BCUT2D eigenvalue weighted by atomic mass is 10.1. The zero-order valence-corrected chi connectivity index (χ0v) is 18.3. The van der Waals surface area contributed by atoms with Gasteiger partial charge in [0.1, 0.15) is 6.61 Å². The second-order valence-corrected chi connectivity index (χ2v) is 9.10. The monoisotopic (exact) mass is 433 g/mol. The van der Waals surface area contributed by atoms with Crippen LogP contribution in [0.1, 0.15) is 42.1 Å². The lowest BCUT2D eigenvalue weighted by Gasteiger charge is -2.32. The first-order valence-electron chi connectivity index (χ1n) is 9.87.